The van der Waals surface area contributed by atoms with E-state index in [0.29, 0.717) is 35.8 Å². The summed E-state index contributed by atoms with van der Waals surface area (Å²) in [6.07, 6.45) is 0.879. The Morgan fingerprint density at radius 2 is 1.94 bits per heavy atom. The van der Waals surface area contributed by atoms with E-state index >= 15 is 0 Å². The number of amides is 1. The van der Waals surface area contributed by atoms with E-state index in [2.05, 4.69) is 10.2 Å². The van der Waals surface area contributed by atoms with Crippen molar-refractivity contribution < 1.29 is 9.59 Å². The van der Waals surface area contributed by atoms with Crippen LogP contribution >= 0.6 is 11.6 Å². The smallest absolute Gasteiger partial charge is 0.253 e. The van der Waals surface area contributed by atoms with Crippen LogP contribution in [-0.4, -0.2) is 64.2 Å². The number of rotatable bonds is 3. The van der Waals surface area contributed by atoms with Crippen LogP contribution in [-0.2, 0) is 6.54 Å². The Kier molecular flexibility index (Phi) is 5.29. The van der Waals surface area contributed by atoms with E-state index in [1.165, 1.54) is 0 Å². The van der Waals surface area contributed by atoms with Crippen LogP contribution in [0.2, 0.25) is 5.02 Å². The zero-order valence-electron chi connectivity index (χ0n) is 17.0. The van der Waals surface area contributed by atoms with Crippen molar-refractivity contribution in [1.29, 1.82) is 0 Å². The minimum atomic E-state index is 0.0112. The highest BCUT2D eigenvalue weighted by Crippen LogP contribution is 2.28. The highest BCUT2D eigenvalue weighted by molar-refractivity contribution is 6.31. The molecule has 5 rings (SSSR count). The van der Waals surface area contributed by atoms with Gasteiger partial charge in [-0.3, -0.25) is 14.5 Å². The third-order valence-corrected chi connectivity index (χ3v) is 6.03. The zero-order chi connectivity index (χ0) is 21.4. The van der Waals surface area contributed by atoms with Gasteiger partial charge in [0.05, 0.1) is 24.0 Å². The van der Waals surface area contributed by atoms with Gasteiger partial charge in [0, 0.05) is 42.3 Å². The molecule has 2 aliphatic rings. The summed E-state index contributed by atoms with van der Waals surface area (Å²) >= 11 is 6.04. The number of carbonyl (C=O) groups is 2. The summed E-state index contributed by atoms with van der Waals surface area (Å²) in [5.74, 6) is 1.52. The highest BCUT2D eigenvalue weighted by atomic mass is 35.5. The number of hydrogen-bond acceptors (Lipinski definition) is 6. The Morgan fingerprint density at radius 3 is 2.81 bits per heavy atom. The molecule has 7 nitrogen and oxygen atoms in total. The van der Waals surface area contributed by atoms with Gasteiger partial charge in [0.25, 0.3) is 5.91 Å². The molecule has 0 aliphatic carbocycles. The molecule has 1 saturated heterocycles. The summed E-state index contributed by atoms with van der Waals surface area (Å²) in [6.45, 7) is 3.81. The molecule has 2 aliphatic heterocycles. The number of nitrogens with zero attached hydrogens (tertiary/aromatic N) is 4. The maximum absolute atomic E-state index is 12.9. The molecule has 0 saturated carbocycles. The first-order chi connectivity index (χ1) is 15.1. The molecule has 1 aromatic heterocycles. The largest absolute Gasteiger partial charge is 0.362 e. The van der Waals surface area contributed by atoms with Crippen molar-refractivity contribution in [3.63, 3.8) is 0 Å². The van der Waals surface area contributed by atoms with Crippen LogP contribution in [0.3, 0.4) is 0 Å². The lowest BCUT2D eigenvalue weighted by Crippen LogP contribution is -2.35. The lowest BCUT2D eigenvalue weighted by Gasteiger charge is -2.22. The summed E-state index contributed by atoms with van der Waals surface area (Å²) in [7, 11) is 0. The number of hydrogen-bond donors (Lipinski definition) is 1. The quantitative estimate of drug-likeness (QED) is 0.680. The fraction of sp³-hybridized carbons (Fsp3) is 0.304. The first-order valence-electron chi connectivity index (χ1n) is 10.4. The minimum Gasteiger partial charge on any atom is -0.362 e. The van der Waals surface area contributed by atoms with Crippen molar-refractivity contribution in [1.82, 2.24) is 19.8 Å². The summed E-state index contributed by atoms with van der Waals surface area (Å²) in [6, 6.07) is 12.7. The van der Waals surface area contributed by atoms with Crippen LogP contribution < -0.4 is 5.32 Å². The Balaban J connectivity index is 1.31. The average Bonchev–Trinajstić information content (AvgIpc) is 3.01. The molecule has 158 valence electrons. The number of aromatic nitrogens is 2. The van der Waals surface area contributed by atoms with Gasteiger partial charge in [-0.2, -0.15) is 0 Å². The fourth-order valence-corrected chi connectivity index (χ4v) is 4.45. The van der Waals surface area contributed by atoms with Gasteiger partial charge in [-0.15, -0.1) is 0 Å². The van der Waals surface area contributed by atoms with E-state index in [1.54, 1.807) is 24.3 Å². The average molecular weight is 436 g/mol. The third kappa shape index (κ3) is 3.98. The Bertz CT molecular complexity index is 1180. The van der Waals surface area contributed by atoms with Crippen molar-refractivity contribution in [2.75, 3.05) is 38.0 Å². The molecule has 2 aromatic carbocycles. The predicted octanol–water partition coefficient (Wildman–Crippen LogP) is 3.24. The van der Waals surface area contributed by atoms with Gasteiger partial charge in [0.2, 0.25) is 0 Å². The Labute approximate surface area is 185 Å². The molecule has 1 amide bonds. The molecule has 8 heteroatoms. The fourth-order valence-electron chi connectivity index (χ4n) is 4.26. The molecule has 0 radical (unpaired) electrons. The summed E-state index contributed by atoms with van der Waals surface area (Å²) in [5.41, 5.74) is 2.09. The lowest BCUT2D eigenvalue weighted by atomic mass is 10.0. The van der Waals surface area contributed by atoms with Crippen molar-refractivity contribution in [3.8, 4) is 0 Å². The molecule has 0 spiro atoms. The van der Waals surface area contributed by atoms with Crippen molar-refractivity contribution in [2.24, 2.45) is 0 Å². The number of nitrogens with one attached hydrogen (secondary N) is 1. The Morgan fingerprint density at radius 1 is 1.06 bits per heavy atom. The minimum absolute atomic E-state index is 0.0112. The second kappa shape index (κ2) is 8.24. The summed E-state index contributed by atoms with van der Waals surface area (Å²) < 4.78 is 0. The van der Waals surface area contributed by atoms with Gasteiger partial charge in [-0.05, 0) is 30.7 Å². The first-order valence-corrected chi connectivity index (χ1v) is 10.8. The molecule has 0 unspecified atom stereocenters. The molecule has 1 fully saturated rings. The molecule has 0 atom stereocenters. The van der Waals surface area contributed by atoms with Gasteiger partial charge < -0.3 is 10.2 Å². The molecule has 3 heterocycles. The van der Waals surface area contributed by atoms with E-state index in [-0.39, 0.29) is 18.2 Å². The third-order valence-electron chi connectivity index (χ3n) is 5.80. The lowest BCUT2D eigenvalue weighted by molar-refractivity contribution is 0.0760. The molecular formula is C23H22ClN5O2. The number of carbonyl (C=O) groups excluding carboxylic acids is 2. The van der Waals surface area contributed by atoms with Gasteiger partial charge in [0.15, 0.2) is 5.78 Å². The molecule has 31 heavy (non-hydrogen) atoms. The van der Waals surface area contributed by atoms with Crippen molar-refractivity contribution in [3.05, 3.63) is 64.4 Å². The van der Waals surface area contributed by atoms with E-state index in [4.69, 9.17) is 21.6 Å². The standard InChI is InChI=1S/C23H22ClN5O2/c24-16-5-1-4-15(12-16)23(31)29-9-3-8-28(10-11-29)14-20-26-18-7-2-6-17-19(30)13-25-22(27-20)21(17)18/h1-2,4-7,12H,3,8-11,13-14H2,(H,25,26,27). The number of ketones is 1. The monoisotopic (exact) mass is 435 g/mol. The molecular weight excluding hydrogens is 414 g/mol. The highest BCUT2D eigenvalue weighted by Gasteiger charge is 2.24. The summed E-state index contributed by atoms with van der Waals surface area (Å²) in [4.78, 5) is 38.6. The number of halogens is 1. The maximum Gasteiger partial charge on any atom is 0.253 e. The number of Topliss-reactive ketones (excluding diaryl/α,β-unsaturated/α-hetero) is 1. The van der Waals surface area contributed by atoms with Crippen molar-refractivity contribution >= 4 is 40.0 Å². The first kappa shape index (κ1) is 19.9. The maximum atomic E-state index is 12.9. The SMILES string of the molecule is O=C1CNc2nc(CN3CCCN(C(=O)c4cccc(Cl)c4)CC3)nc3cccc1c23. The van der Waals surface area contributed by atoms with Gasteiger partial charge >= 0.3 is 0 Å². The van der Waals surface area contributed by atoms with Crippen LogP contribution in [0.1, 0.15) is 33.0 Å². The molecule has 3 aromatic rings. The number of anilines is 1. The van der Waals surface area contributed by atoms with E-state index < -0.39 is 0 Å². The van der Waals surface area contributed by atoms with Crippen LogP contribution in [0.15, 0.2) is 42.5 Å². The molecule has 1 N–H and O–H groups in total. The van der Waals surface area contributed by atoms with E-state index in [1.807, 2.05) is 23.1 Å². The zero-order valence-corrected chi connectivity index (χ0v) is 17.7. The van der Waals surface area contributed by atoms with Gasteiger partial charge in [-0.1, -0.05) is 29.8 Å². The Hall–Kier alpha value is -3.03. The van der Waals surface area contributed by atoms with Gasteiger partial charge in [0.1, 0.15) is 11.6 Å². The molecule has 0 bridgehead atoms. The second-order valence-electron chi connectivity index (χ2n) is 7.90. The van der Waals surface area contributed by atoms with Crippen LogP contribution in [0.4, 0.5) is 5.82 Å². The van der Waals surface area contributed by atoms with Crippen molar-refractivity contribution in [2.45, 2.75) is 13.0 Å². The van der Waals surface area contributed by atoms with Crippen LogP contribution in [0.5, 0.6) is 0 Å². The predicted molar refractivity (Wildman–Crippen MR) is 120 cm³/mol. The second-order valence-corrected chi connectivity index (χ2v) is 8.33. The van der Waals surface area contributed by atoms with Gasteiger partial charge in [-0.25, -0.2) is 9.97 Å². The number of benzene rings is 2. The summed E-state index contributed by atoms with van der Waals surface area (Å²) in [5, 5.41) is 4.50. The van der Waals surface area contributed by atoms with E-state index in [0.717, 1.165) is 42.1 Å². The topological polar surface area (TPSA) is 78.4 Å². The van der Waals surface area contributed by atoms with E-state index in [9.17, 15) is 9.59 Å². The van der Waals surface area contributed by atoms with Crippen LogP contribution in [0.25, 0.3) is 10.9 Å². The van der Waals surface area contributed by atoms with Crippen LogP contribution in [0, 0.1) is 0 Å². The normalized spacial score (nSPS) is 16.8.